The molecule has 1 heteroatoms. The Morgan fingerprint density at radius 2 is 0.633 bits per heavy atom. The topological polar surface area (TPSA) is 3.24 Å². The van der Waals surface area contributed by atoms with Crippen LogP contribution in [0.2, 0.25) is 0 Å². The SMILES string of the molecule is c1ccc(-c2ccc(N(c3ccc(-c4ccccc4)cc3)c3cccc4c5ccccc5c5cc(-c6ccccc6)ccc5c34)cc2)cc1. The van der Waals surface area contributed by atoms with Crippen molar-refractivity contribution < 1.29 is 0 Å². The average molecular weight is 624 g/mol. The van der Waals surface area contributed by atoms with Gasteiger partial charge in [0.25, 0.3) is 0 Å². The average Bonchev–Trinajstić information content (AvgIpc) is 3.19. The first kappa shape index (κ1) is 28.8. The summed E-state index contributed by atoms with van der Waals surface area (Å²) in [5.74, 6) is 0. The summed E-state index contributed by atoms with van der Waals surface area (Å²) >= 11 is 0. The van der Waals surface area contributed by atoms with E-state index in [1.165, 1.54) is 65.7 Å². The van der Waals surface area contributed by atoms with Gasteiger partial charge in [0, 0.05) is 16.8 Å². The van der Waals surface area contributed by atoms with Gasteiger partial charge in [0.2, 0.25) is 0 Å². The van der Waals surface area contributed by atoms with Crippen molar-refractivity contribution in [2.24, 2.45) is 0 Å². The fourth-order valence-corrected chi connectivity index (χ4v) is 7.28. The Bertz CT molecular complexity index is 2470. The molecule has 49 heavy (non-hydrogen) atoms. The largest absolute Gasteiger partial charge is 0.310 e. The maximum atomic E-state index is 2.42. The highest BCUT2D eigenvalue weighted by Gasteiger charge is 2.19. The van der Waals surface area contributed by atoms with Gasteiger partial charge in [0.1, 0.15) is 0 Å². The van der Waals surface area contributed by atoms with Gasteiger partial charge < -0.3 is 4.90 Å². The van der Waals surface area contributed by atoms with Crippen molar-refractivity contribution in [3.63, 3.8) is 0 Å². The standard InChI is InChI=1S/C48H33N/c1-4-13-34(14-5-1)37-23-28-40(29-24-37)49(41-30-25-38(26-31-41)35-15-6-2-7-16-35)47-22-12-21-44-42-19-10-11-20-43(42)46-33-39(27-32-45(46)48(44)47)36-17-8-3-9-18-36/h1-33H. The number of hydrogen-bond donors (Lipinski definition) is 0. The van der Waals surface area contributed by atoms with Gasteiger partial charge in [-0.05, 0) is 96.7 Å². The Labute approximate surface area is 287 Å². The lowest BCUT2D eigenvalue weighted by molar-refractivity contribution is 1.30. The van der Waals surface area contributed by atoms with Gasteiger partial charge in [-0.15, -0.1) is 0 Å². The molecule has 9 rings (SSSR count). The molecule has 0 aromatic heterocycles. The molecular weight excluding hydrogens is 591 g/mol. The molecule has 9 aromatic rings. The van der Waals surface area contributed by atoms with Crippen LogP contribution in [0.3, 0.4) is 0 Å². The summed E-state index contributed by atoms with van der Waals surface area (Å²) in [5, 5.41) is 7.53. The van der Waals surface area contributed by atoms with Crippen molar-refractivity contribution in [2.45, 2.75) is 0 Å². The molecule has 0 bridgehead atoms. The van der Waals surface area contributed by atoms with E-state index < -0.39 is 0 Å². The zero-order valence-electron chi connectivity index (χ0n) is 27.0. The maximum absolute atomic E-state index is 2.42. The van der Waals surface area contributed by atoms with E-state index in [0.717, 1.165) is 17.1 Å². The smallest absolute Gasteiger partial charge is 0.0546 e. The third-order valence-electron chi connectivity index (χ3n) is 9.65. The second-order valence-electron chi connectivity index (χ2n) is 12.5. The molecule has 0 heterocycles. The van der Waals surface area contributed by atoms with E-state index in [4.69, 9.17) is 0 Å². The van der Waals surface area contributed by atoms with Gasteiger partial charge in [-0.2, -0.15) is 0 Å². The molecule has 0 unspecified atom stereocenters. The molecule has 0 fully saturated rings. The molecule has 0 N–H and O–H groups in total. The molecule has 0 aliphatic rings. The summed E-state index contributed by atoms with van der Waals surface area (Å²) in [6.07, 6.45) is 0. The minimum Gasteiger partial charge on any atom is -0.310 e. The zero-order chi connectivity index (χ0) is 32.6. The summed E-state index contributed by atoms with van der Waals surface area (Å²) in [5.41, 5.74) is 10.7. The first-order valence-electron chi connectivity index (χ1n) is 16.9. The summed E-state index contributed by atoms with van der Waals surface area (Å²) in [4.78, 5) is 2.42. The quantitative estimate of drug-likeness (QED) is 0.167. The van der Waals surface area contributed by atoms with Crippen LogP contribution in [-0.4, -0.2) is 0 Å². The minimum atomic E-state index is 1.11. The molecular formula is C48H33N. The van der Waals surface area contributed by atoms with Gasteiger partial charge >= 0.3 is 0 Å². The lowest BCUT2D eigenvalue weighted by Crippen LogP contribution is -2.10. The Kier molecular flexibility index (Phi) is 7.22. The Balaban J connectivity index is 1.29. The molecule has 9 aromatic carbocycles. The van der Waals surface area contributed by atoms with Crippen molar-refractivity contribution in [3.05, 3.63) is 200 Å². The number of anilines is 3. The van der Waals surface area contributed by atoms with Gasteiger partial charge in [-0.3, -0.25) is 0 Å². The van der Waals surface area contributed by atoms with Crippen LogP contribution < -0.4 is 4.90 Å². The summed E-state index contributed by atoms with van der Waals surface area (Å²) in [6.45, 7) is 0. The van der Waals surface area contributed by atoms with Crippen molar-refractivity contribution in [1.82, 2.24) is 0 Å². The number of nitrogens with zero attached hydrogens (tertiary/aromatic N) is 1. The van der Waals surface area contributed by atoms with Crippen LogP contribution in [0.5, 0.6) is 0 Å². The number of benzene rings is 9. The van der Waals surface area contributed by atoms with Crippen molar-refractivity contribution in [1.29, 1.82) is 0 Å². The van der Waals surface area contributed by atoms with E-state index in [9.17, 15) is 0 Å². The van der Waals surface area contributed by atoms with Crippen molar-refractivity contribution in [2.75, 3.05) is 4.90 Å². The highest BCUT2D eigenvalue weighted by molar-refractivity contribution is 6.29. The summed E-state index contributed by atoms with van der Waals surface area (Å²) in [7, 11) is 0. The molecule has 0 atom stereocenters. The number of hydrogen-bond acceptors (Lipinski definition) is 1. The van der Waals surface area contributed by atoms with Crippen LogP contribution in [0.4, 0.5) is 17.1 Å². The van der Waals surface area contributed by atoms with E-state index in [2.05, 4.69) is 205 Å². The van der Waals surface area contributed by atoms with Crippen molar-refractivity contribution in [3.8, 4) is 33.4 Å². The number of fused-ring (bicyclic) bond motifs is 6. The summed E-state index contributed by atoms with van der Waals surface area (Å²) < 4.78 is 0. The van der Waals surface area contributed by atoms with Crippen LogP contribution in [0, 0.1) is 0 Å². The van der Waals surface area contributed by atoms with Gasteiger partial charge in [0.15, 0.2) is 0 Å². The Hall–Kier alpha value is -6.44. The highest BCUT2D eigenvalue weighted by atomic mass is 15.1. The van der Waals surface area contributed by atoms with E-state index in [1.54, 1.807) is 0 Å². The lowest BCUT2D eigenvalue weighted by Gasteiger charge is -2.28. The molecule has 0 amide bonds. The first-order chi connectivity index (χ1) is 24.3. The first-order valence-corrected chi connectivity index (χ1v) is 16.9. The third kappa shape index (κ3) is 5.23. The third-order valence-corrected chi connectivity index (χ3v) is 9.65. The Morgan fingerprint density at radius 3 is 1.16 bits per heavy atom. The molecule has 0 aliphatic carbocycles. The number of rotatable bonds is 6. The minimum absolute atomic E-state index is 1.11. The van der Waals surface area contributed by atoms with E-state index >= 15 is 0 Å². The van der Waals surface area contributed by atoms with Crippen molar-refractivity contribution >= 4 is 49.4 Å². The predicted molar refractivity (Wildman–Crippen MR) is 210 cm³/mol. The van der Waals surface area contributed by atoms with E-state index in [0.29, 0.717) is 0 Å². The van der Waals surface area contributed by atoms with E-state index in [1.807, 2.05) is 0 Å². The normalized spacial score (nSPS) is 11.3. The molecule has 230 valence electrons. The molecule has 0 radical (unpaired) electrons. The fourth-order valence-electron chi connectivity index (χ4n) is 7.28. The van der Waals surface area contributed by atoms with Crippen LogP contribution >= 0.6 is 0 Å². The highest BCUT2D eigenvalue weighted by Crippen LogP contribution is 2.45. The van der Waals surface area contributed by atoms with Gasteiger partial charge in [0.05, 0.1) is 5.69 Å². The second-order valence-corrected chi connectivity index (χ2v) is 12.5. The molecule has 1 nitrogen and oxygen atoms in total. The fraction of sp³-hybridized carbons (Fsp3) is 0. The zero-order valence-corrected chi connectivity index (χ0v) is 27.0. The molecule has 0 saturated heterocycles. The van der Waals surface area contributed by atoms with Crippen LogP contribution in [0.25, 0.3) is 65.7 Å². The van der Waals surface area contributed by atoms with Gasteiger partial charge in [-0.1, -0.05) is 164 Å². The van der Waals surface area contributed by atoms with Crippen LogP contribution in [0.15, 0.2) is 200 Å². The van der Waals surface area contributed by atoms with Crippen LogP contribution in [-0.2, 0) is 0 Å². The lowest BCUT2D eigenvalue weighted by atomic mass is 9.91. The molecule has 0 saturated carbocycles. The molecule has 0 spiro atoms. The predicted octanol–water partition coefficient (Wildman–Crippen LogP) is 13.6. The second kappa shape index (κ2) is 12.3. The molecule has 0 aliphatic heterocycles. The summed E-state index contributed by atoms with van der Waals surface area (Å²) in [6, 6.07) is 72.4. The monoisotopic (exact) mass is 623 g/mol. The van der Waals surface area contributed by atoms with E-state index in [-0.39, 0.29) is 0 Å². The van der Waals surface area contributed by atoms with Gasteiger partial charge in [-0.25, -0.2) is 0 Å². The van der Waals surface area contributed by atoms with Crippen LogP contribution in [0.1, 0.15) is 0 Å². The maximum Gasteiger partial charge on any atom is 0.0546 e. The Morgan fingerprint density at radius 1 is 0.245 bits per heavy atom.